The minimum Gasteiger partial charge on any atom is -0.390 e. The lowest BCUT2D eigenvalue weighted by atomic mass is 10.7. The van der Waals surface area contributed by atoms with Crippen molar-refractivity contribution in [2.75, 3.05) is 0 Å². The molecule has 0 spiro atoms. The van der Waals surface area contributed by atoms with Gasteiger partial charge in [-0.2, -0.15) is 0 Å². The van der Waals surface area contributed by atoms with E-state index in [0.717, 1.165) is 0 Å². The number of hydrogen-bond acceptors (Lipinski definition) is 8. The maximum Gasteiger partial charge on any atom is 0.493 e. The summed E-state index contributed by atoms with van der Waals surface area (Å²) < 4.78 is 0. The number of nitrogens with zero attached hydrogens (tertiary/aromatic N) is 7. The average molecular weight is 179 g/mol. The first-order chi connectivity index (χ1) is 6.27. The standard InChI is InChI=1S/C4HN7O2/c12-11(13)4-7-3(9-10-4)2-5-1-6-8-2/h1H. The van der Waals surface area contributed by atoms with Crippen molar-refractivity contribution >= 4 is 12.3 Å². The second-order valence-corrected chi connectivity index (χ2v) is 1.98. The fourth-order valence-corrected chi connectivity index (χ4v) is 0.693. The fourth-order valence-electron chi connectivity index (χ4n) is 0.693. The third-order valence-corrected chi connectivity index (χ3v) is 1.19. The molecule has 0 aromatic rings. The van der Waals surface area contributed by atoms with Gasteiger partial charge in [-0.05, 0) is 15.0 Å². The Morgan fingerprint density at radius 3 is 2.62 bits per heavy atom. The van der Waals surface area contributed by atoms with Crippen LogP contribution in [0.25, 0.3) is 0 Å². The third kappa shape index (κ3) is 1.21. The average Bonchev–Trinajstić information content (AvgIpc) is 2.75. The van der Waals surface area contributed by atoms with E-state index in [0.29, 0.717) is 0 Å². The molecule has 0 saturated heterocycles. The summed E-state index contributed by atoms with van der Waals surface area (Å²) in [5.41, 5.74) is 0. The smallest absolute Gasteiger partial charge is 0.390 e. The Labute approximate surface area is 70.5 Å². The lowest BCUT2D eigenvalue weighted by Gasteiger charge is -1.83. The Bertz CT molecular complexity index is 400. The minimum atomic E-state index is -0.743. The summed E-state index contributed by atoms with van der Waals surface area (Å²) >= 11 is 0. The number of aliphatic imine (C=N–C) groups is 2. The summed E-state index contributed by atoms with van der Waals surface area (Å²) in [7, 11) is 0. The van der Waals surface area contributed by atoms with E-state index in [2.05, 4.69) is 30.4 Å². The maximum atomic E-state index is 10.2. The van der Waals surface area contributed by atoms with Gasteiger partial charge in [-0.15, -0.1) is 10.2 Å². The molecular formula is C4HN7O2. The summed E-state index contributed by atoms with van der Waals surface area (Å²) in [4.78, 5) is 16.5. The van der Waals surface area contributed by atoms with Crippen LogP contribution in [0, 0.1) is 10.1 Å². The van der Waals surface area contributed by atoms with Gasteiger partial charge in [-0.25, -0.2) is 4.99 Å². The molecule has 9 nitrogen and oxygen atoms in total. The molecule has 0 amide bonds. The van der Waals surface area contributed by atoms with Crippen molar-refractivity contribution in [1.82, 2.24) is 0 Å². The van der Waals surface area contributed by atoms with Gasteiger partial charge in [0.1, 0.15) is 6.34 Å². The Hall–Kier alpha value is -2.32. The van der Waals surface area contributed by atoms with Crippen molar-refractivity contribution < 1.29 is 4.92 Å². The van der Waals surface area contributed by atoms with Crippen LogP contribution in [0.3, 0.4) is 0 Å². The van der Waals surface area contributed by atoms with Crippen molar-refractivity contribution in [2.24, 2.45) is 30.4 Å². The van der Waals surface area contributed by atoms with Gasteiger partial charge in [0.15, 0.2) is 0 Å². The van der Waals surface area contributed by atoms with Crippen LogP contribution in [-0.4, -0.2) is 17.2 Å². The van der Waals surface area contributed by atoms with Gasteiger partial charge in [0.2, 0.25) is 5.82 Å². The molecule has 0 bridgehead atoms. The molecule has 2 heterocycles. The van der Waals surface area contributed by atoms with Crippen LogP contribution in [0.1, 0.15) is 0 Å². The summed E-state index contributed by atoms with van der Waals surface area (Å²) in [5.74, 6) is -0.440. The molecule has 64 valence electrons. The van der Waals surface area contributed by atoms with Gasteiger partial charge in [0, 0.05) is 0 Å². The maximum absolute atomic E-state index is 10.2. The second-order valence-electron chi connectivity index (χ2n) is 1.98. The molecule has 0 aromatic carbocycles. The number of guanidine groups is 1. The largest absolute Gasteiger partial charge is 0.493 e. The molecule has 0 fully saturated rings. The molecule has 0 radical (unpaired) electrons. The van der Waals surface area contributed by atoms with E-state index in [4.69, 9.17) is 0 Å². The zero-order valence-electron chi connectivity index (χ0n) is 6.02. The summed E-state index contributed by atoms with van der Waals surface area (Å²) in [6.45, 7) is 0. The Kier molecular flexibility index (Phi) is 1.48. The first-order valence-electron chi connectivity index (χ1n) is 3.10. The molecule has 0 atom stereocenters. The molecule has 13 heavy (non-hydrogen) atoms. The first-order valence-corrected chi connectivity index (χ1v) is 3.10. The molecule has 0 saturated carbocycles. The topological polar surface area (TPSA) is 117 Å². The quantitative estimate of drug-likeness (QED) is 0.402. The van der Waals surface area contributed by atoms with E-state index in [1.54, 1.807) is 0 Å². The monoisotopic (exact) mass is 179 g/mol. The van der Waals surface area contributed by atoms with E-state index in [1.807, 2.05) is 0 Å². The third-order valence-electron chi connectivity index (χ3n) is 1.19. The Morgan fingerprint density at radius 1 is 1.23 bits per heavy atom. The van der Waals surface area contributed by atoms with Gasteiger partial charge in [0.05, 0.1) is 5.11 Å². The first kappa shape index (κ1) is 7.34. The molecule has 9 heteroatoms. The summed E-state index contributed by atoms with van der Waals surface area (Å²) in [6, 6.07) is 0. The highest BCUT2D eigenvalue weighted by atomic mass is 16.6. The predicted octanol–water partition coefficient (Wildman–Crippen LogP) is 0.706. The summed E-state index contributed by atoms with van der Waals surface area (Å²) in [5, 5.41) is 23.7. The van der Waals surface area contributed by atoms with Gasteiger partial charge in [0.25, 0.3) is 0 Å². The molecule has 0 aliphatic carbocycles. The number of rotatable bonds is 0. The van der Waals surface area contributed by atoms with Gasteiger partial charge >= 0.3 is 11.8 Å². The molecule has 2 aliphatic heterocycles. The highest BCUT2D eigenvalue weighted by molar-refractivity contribution is 5.75. The van der Waals surface area contributed by atoms with E-state index < -0.39 is 10.9 Å². The number of nitro groups is 1. The lowest BCUT2D eigenvalue weighted by molar-refractivity contribution is -0.352. The zero-order valence-corrected chi connectivity index (χ0v) is 6.02. The van der Waals surface area contributed by atoms with Gasteiger partial charge < -0.3 is 10.1 Å². The molecule has 0 unspecified atom stereocenters. The van der Waals surface area contributed by atoms with Crippen molar-refractivity contribution in [3.8, 4) is 0 Å². The van der Waals surface area contributed by atoms with Crippen molar-refractivity contribution in [3.63, 3.8) is 0 Å². The van der Waals surface area contributed by atoms with Crippen molar-refractivity contribution in [3.05, 3.63) is 21.8 Å². The van der Waals surface area contributed by atoms with Crippen LogP contribution in [-0.2, 0) is 0 Å². The normalized spacial score (nSPS) is 24.2. The number of hydrogen-bond donors (Lipinski definition) is 0. The van der Waals surface area contributed by atoms with Gasteiger partial charge in [-0.1, -0.05) is 0 Å². The van der Waals surface area contributed by atoms with Crippen LogP contribution >= 0.6 is 0 Å². The Balaban J connectivity index is 2.38. The highest BCUT2D eigenvalue weighted by Gasteiger charge is 2.25. The SMILES string of the molecule is O=[N+]([O-])C1=NC(=C2N=CN=N2)N=N1. The van der Waals surface area contributed by atoms with Crippen LogP contribution in [0.5, 0.6) is 0 Å². The molecule has 2 rings (SSSR count). The van der Waals surface area contributed by atoms with Gasteiger partial charge in [-0.3, -0.25) is 0 Å². The molecular weight excluding hydrogens is 178 g/mol. The fraction of sp³-hybridized carbons (Fsp3) is 0. The zero-order chi connectivity index (χ0) is 9.26. The molecule has 0 N–H and O–H groups in total. The van der Waals surface area contributed by atoms with Crippen LogP contribution in [0.2, 0.25) is 0 Å². The van der Waals surface area contributed by atoms with Crippen molar-refractivity contribution in [2.45, 2.75) is 0 Å². The van der Waals surface area contributed by atoms with Crippen LogP contribution in [0.15, 0.2) is 42.1 Å². The van der Waals surface area contributed by atoms with E-state index in [1.165, 1.54) is 6.34 Å². The Morgan fingerprint density at radius 2 is 2.08 bits per heavy atom. The van der Waals surface area contributed by atoms with E-state index in [9.17, 15) is 10.1 Å². The second kappa shape index (κ2) is 2.62. The van der Waals surface area contributed by atoms with Crippen LogP contribution in [0.4, 0.5) is 0 Å². The van der Waals surface area contributed by atoms with Crippen LogP contribution < -0.4 is 0 Å². The molecule has 2 aliphatic rings. The predicted molar refractivity (Wildman–Crippen MR) is 39.7 cm³/mol. The number of azo groups is 2. The van der Waals surface area contributed by atoms with Crippen molar-refractivity contribution in [1.29, 1.82) is 0 Å². The summed E-state index contributed by atoms with van der Waals surface area (Å²) in [6.07, 6.45) is 1.19. The van der Waals surface area contributed by atoms with E-state index in [-0.39, 0.29) is 11.6 Å². The minimum absolute atomic E-state index is 0.00389. The van der Waals surface area contributed by atoms with E-state index >= 15 is 0 Å². The molecule has 0 aromatic heterocycles. The highest BCUT2D eigenvalue weighted by Crippen LogP contribution is 2.18. The lowest BCUT2D eigenvalue weighted by Crippen LogP contribution is -2.05.